The fourth-order valence-corrected chi connectivity index (χ4v) is 2.68. The highest BCUT2D eigenvalue weighted by Crippen LogP contribution is 2.30. The van der Waals surface area contributed by atoms with Gasteiger partial charge in [0.2, 0.25) is 0 Å². The third kappa shape index (κ3) is 2.07. The van der Waals surface area contributed by atoms with Gasteiger partial charge in [0, 0.05) is 27.4 Å². The fraction of sp³-hybridized carbons (Fsp3) is 0.500. The van der Waals surface area contributed by atoms with Gasteiger partial charge in [-0.3, -0.25) is 18.7 Å². The maximum atomic E-state index is 12.3. The van der Waals surface area contributed by atoms with Crippen LogP contribution in [0.2, 0.25) is 0 Å². The first-order valence-electron chi connectivity index (χ1n) is 6.96. The molecule has 8 nitrogen and oxygen atoms in total. The maximum absolute atomic E-state index is 12.3. The average Bonchev–Trinajstić information content (AvgIpc) is 2.78. The molecule has 0 spiro atoms. The summed E-state index contributed by atoms with van der Waals surface area (Å²) in [6, 6.07) is 1.65. The molecular formula is C14H17N3O5. The largest absolute Gasteiger partial charge is 0.459 e. The molecule has 1 unspecified atom stereocenters. The number of hydrogen-bond acceptors (Lipinski definition) is 5. The van der Waals surface area contributed by atoms with Crippen LogP contribution in [-0.4, -0.2) is 26.3 Å². The van der Waals surface area contributed by atoms with E-state index in [-0.39, 0.29) is 18.4 Å². The van der Waals surface area contributed by atoms with Crippen LogP contribution >= 0.6 is 0 Å². The Balaban J connectivity index is 2.29. The van der Waals surface area contributed by atoms with Crippen molar-refractivity contribution in [3.8, 4) is 0 Å². The molecule has 8 heteroatoms. The van der Waals surface area contributed by atoms with E-state index in [0.29, 0.717) is 23.3 Å². The summed E-state index contributed by atoms with van der Waals surface area (Å²) >= 11 is 0. The SMILES string of the molecule is CC(=O)OCc1cc2c(=O)n(C)c(=O)n(C)c2n1C1CCO1. The second-order valence-corrected chi connectivity index (χ2v) is 5.34. The third-order valence-corrected chi connectivity index (χ3v) is 3.90. The van der Waals surface area contributed by atoms with Gasteiger partial charge in [0.15, 0.2) is 0 Å². The van der Waals surface area contributed by atoms with E-state index in [1.807, 2.05) is 0 Å². The number of hydrogen-bond donors (Lipinski definition) is 0. The van der Waals surface area contributed by atoms with Crippen molar-refractivity contribution < 1.29 is 14.3 Å². The second kappa shape index (κ2) is 5.13. The zero-order chi connectivity index (χ0) is 16.0. The van der Waals surface area contributed by atoms with Gasteiger partial charge in [0.05, 0.1) is 17.7 Å². The number of esters is 1. The van der Waals surface area contributed by atoms with Crippen molar-refractivity contribution in [2.24, 2.45) is 14.1 Å². The van der Waals surface area contributed by atoms with Gasteiger partial charge < -0.3 is 14.0 Å². The van der Waals surface area contributed by atoms with Crippen LogP contribution in [0.5, 0.6) is 0 Å². The minimum absolute atomic E-state index is 0.0290. The van der Waals surface area contributed by atoms with Crippen LogP contribution in [0.1, 0.15) is 25.3 Å². The van der Waals surface area contributed by atoms with Gasteiger partial charge in [-0.1, -0.05) is 0 Å². The quantitative estimate of drug-likeness (QED) is 0.746. The van der Waals surface area contributed by atoms with Gasteiger partial charge in [-0.25, -0.2) is 4.79 Å². The predicted molar refractivity (Wildman–Crippen MR) is 77.5 cm³/mol. The molecule has 2 aromatic rings. The lowest BCUT2D eigenvalue weighted by Gasteiger charge is -2.30. The lowest BCUT2D eigenvalue weighted by Crippen LogP contribution is -2.38. The average molecular weight is 307 g/mol. The van der Waals surface area contributed by atoms with Crippen LogP contribution in [-0.2, 0) is 35.0 Å². The number of aromatic nitrogens is 3. The van der Waals surface area contributed by atoms with Crippen LogP contribution in [0.3, 0.4) is 0 Å². The molecule has 3 rings (SSSR count). The number of ether oxygens (including phenoxy) is 2. The van der Waals surface area contributed by atoms with Gasteiger partial charge in [-0.05, 0) is 6.07 Å². The summed E-state index contributed by atoms with van der Waals surface area (Å²) in [5.41, 5.74) is 0.337. The van der Waals surface area contributed by atoms with Crippen molar-refractivity contribution in [2.75, 3.05) is 6.61 Å². The smallest absolute Gasteiger partial charge is 0.332 e. The van der Waals surface area contributed by atoms with E-state index in [2.05, 4.69) is 0 Å². The van der Waals surface area contributed by atoms with E-state index in [0.717, 1.165) is 11.0 Å². The van der Waals surface area contributed by atoms with Crippen LogP contribution in [0.15, 0.2) is 15.7 Å². The Hall–Kier alpha value is -2.35. The third-order valence-electron chi connectivity index (χ3n) is 3.90. The second-order valence-electron chi connectivity index (χ2n) is 5.34. The maximum Gasteiger partial charge on any atom is 0.332 e. The zero-order valence-corrected chi connectivity index (χ0v) is 12.7. The van der Waals surface area contributed by atoms with E-state index >= 15 is 0 Å². The Bertz CT molecular complexity index is 869. The van der Waals surface area contributed by atoms with Gasteiger partial charge in [-0.15, -0.1) is 0 Å². The van der Waals surface area contributed by atoms with Crippen molar-refractivity contribution in [3.05, 3.63) is 32.6 Å². The number of rotatable bonds is 3. The summed E-state index contributed by atoms with van der Waals surface area (Å²) in [5.74, 6) is -0.409. The number of nitrogens with zero attached hydrogens (tertiary/aromatic N) is 3. The molecule has 2 aromatic heterocycles. The molecule has 3 heterocycles. The number of carbonyl (C=O) groups excluding carboxylic acids is 1. The molecular weight excluding hydrogens is 290 g/mol. The lowest BCUT2D eigenvalue weighted by molar-refractivity contribution is -0.143. The first kappa shape index (κ1) is 14.6. The molecule has 1 atom stereocenters. The Morgan fingerprint density at radius 3 is 2.59 bits per heavy atom. The number of carbonyl (C=O) groups is 1. The van der Waals surface area contributed by atoms with Crippen molar-refractivity contribution in [2.45, 2.75) is 26.2 Å². The topological polar surface area (TPSA) is 84.5 Å². The molecule has 1 saturated heterocycles. The Kier molecular flexibility index (Phi) is 3.40. The summed E-state index contributed by atoms with van der Waals surface area (Å²) in [6.45, 7) is 1.97. The highest BCUT2D eigenvalue weighted by Gasteiger charge is 2.27. The fourth-order valence-electron chi connectivity index (χ4n) is 2.68. The molecule has 0 bridgehead atoms. The summed E-state index contributed by atoms with van der Waals surface area (Å²) in [7, 11) is 3.04. The monoisotopic (exact) mass is 307 g/mol. The highest BCUT2D eigenvalue weighted by molar-refractivity contribution is 5.77. The minimum Gasteiger partial charge on any atom is -0.459 e. The van der Waals surface area contributed by atoms with Crippen LogP contribution in [0, 0.1) is 0 Å². The number of fused-ring (bicyclic) bond motifs is 1. The first-order chi connectivity index (χ1) is 10.4. The Morgan fingerprint density at radius 2 is 2.05 bits per heavy atom. The zero-order valence-electron chi connectivity index (χ0n) is 12.7. The van der Waals surface area contributed by atoms with Crippen LogP contribution < -0.4 is 11.2 Å². The summed E-state index contributed by atoms with van der Waals surface area (Å²) in [5, 5.41) is 0.405. The minimum atomic E-state index is -0.409. The van der Waals surface area contributed by atoms with Gasteiger partial charge in [0.25, 0.3) is 5.56 Å². The normalized spacial score (nSPS) is 17.5. The molecule has 0 aromatic carbocycles. The van der Waals surface area contributed by atoms with E-state index in [1.165, 1.54) is 18.5 Å². The molecule has 1 aliphatic rings. The van der Waals surface area contributed by atoms with Crippen LogP contribution in [0.25, 0.3) is 11.0 Å². The van der Waals surface area contributed by atoms with Crippen molar-refractivity contribution in [3.63, 3.8) is 0 Å². The molecule has 118 valence electrons. The summed E-state index contributed by atoms with van der Waals surface area (Å²) in [4.78, 5) is 35.5. The predicted octanol–water partition coefficient (Wildman–Crippen LogP) is 0.0207. The van der Waals surface area contributed by atoms with E-state index in [9.17, 15) is 14.4 Å². The van der Waals surface area contributed by atoms with E-state index in [1.54, 1.807) is 17.7 Å². The molecule has 0 N–H and O–H groups in total. The standard InChI is InChI=1S/C14H17N3O5/c1-8(18)22-7-9-6-10-12(17(9)11-4-5-21-11)15(2)14(20)16(3)13(10)19/h6,11H,4-5,7H2,1-3H3. The van der Waals surface area contributed by atoms with Gasteiger partial charge in [-0.2, -0.15) is 0 Å². The first-order valence-corrected chi connectivity index (χ1v) is 6.96. The van der Waals surface area contributed by atoms with Crippen molar-refractivity contribution in [1.29, 1.82) is 0 Å². The van der Waals surface area contributed by atoms with E-state index in [4.69, 9.17) is 9.47 Å². The molecule has 0 saturated carbocycles. The molecule has 1 fully saturated rings. The van der Waals surface area contributed by atoms with E-state index < -0.39 is 11.7 Å². The Labute approximate surface area is 125 Å². The molecule has 1 aliphatic heterocycles. The lowest BCUT2D eigenvalue weighted by atomic mass is 10.3. The molecule has 22 heavy (non-hydrogen) atoms. The Morgan fingerprint density at radius 1 is 1.36 bits per heavy atom. The summed E-state index contributed by atoms with van der Waals surface area (Å²) < 4.78 is 14.8. The highest BCUT2D eigenvalue weighted by atomic mass is 16.5. The van der Waals surface area contributed by atoms with Crippen molar-refractivity contribution in [1.82, 2.24) is 13.7 Å². The summed E-state index contributed by atoms with van der Waals surface area (Å²) in [6.07, 6.45) is 0.529. The molecule has 0 amide bonds. The molecule has 0 aliphatic carbocycles. The number of aryl methyl sites for hydroxylation is 1. The van der Waals surface area contributed by atoms with Gasteiger partial charge in [0.1, 0.15) is 18.5 Å². The van der Waals surface area contributed by atoms with Crippen molar-refractivity contribution >= 4 is 17.0 Å². The van der Waals surface area contributed by atoms with Gasteiger partial charge >= 0.3 is 11.7 Å². The van der Waals surface area contributed by atoms with Crippen LogP contribution in [0.4, 0.5) is 0 Å². The molecule has 0 radical (unpaired) electrons.